The van der Waals surface area contributed by atoms with Gasteiger partial charge in [0.2, 0.25) is 12.6 Å². The van der Waals surface area contributed by atoms with E-state index in [2.05, 4.69) is 20.4 Å². The maximum absolute atomic E-state index is 13.0. The van der Waals surface area contributed by atoms with Gasteiger partial charge in [-0.1, -0.05) is 6.07 Å². The van der Waals surface area contributed by atoms with Crippen LogP contribution in [0.5, 0.6) is 11.5 Å². The molecule has 0 bridgehead atoms. The molecule has 2 aliphatic heterocycles. The molecule has 1 amide bonds. The lowest BCUT2D eigenvalue weighted by Crippen LogP contribution is -2.38. The number of carbonyl (C=O) groups is 1. The van der Waals surface area contributed by atoms with Gasteiger partial charge in [0.05, 0.1) is 12.6 Å². The van der Waals surface area contributed by atoms with Crippen molar-refractivity contribution in [3.05, 3.63) is 48.2 Å². The molecule has 0 aliphatic carbocycles. The number of carbonyl (C=O) groups excluding carboxylic acids is 1. The van der Waals surface area contributed by atoms with Gasteiger partial charge in [0.25, 0.3) is 5.91 Å². The summed E-state index contributed by atoms with van der Waals surface area (Å²) in [7, 11) is 0. The SMILES string of the molecule is O=C(c1ccc2c(c1)OCO2)N1CCC[C@H]1Cn1nnc(-c2ccccn2)n1. The lowest BCUT2D eigenvalue weighted by Gasteiger charge is -2.24. The summed E-state index contributed by atoms with van der Waals surface area (Å²) in [4.78, 5) is 20.7. The Balaban J connectivity index is 1.32. The molecule has 1 saturated heterocycles. The average Bonchev–Trinajstić information content (AvgIpc) is 3.48. The van der Waals surface area contributed by atoms with Crippen LogP contribution >= 0.6 is 0 Å². The van der Waals surface area contributed by atoms with Crippen molar-refractivity contribution in [2.24, 2.45) is 0 Å². The van der Waals surface area contributed by atoms with Crippen molar-refractivity contribution in [3.8, 4) is 23.0 Å². The van der Waals surface area contributed by atoms with Gasteiger partial charge in [0, 0.05) is 18.3 Å². The van der Waals surface area contributed by atoms with Crippen LogP contribution in [-0.4, -0.2) is 55.4 Å². The van der Waals surface area contributed by atoms with Gasteiger partial charge >= 0.3 is 0 Å². The number of pyridine rings is 1. The van der Waals surface area contributed by atoms with Crippen LogP contribution in [0.25, 0.3) is 11.5 Å². The third-order valence-corrected chi connectivity index (χ3v) is 4.98. The van der Waals surface area contributed by atoms with E-state index in [1.54, 1.807) is 29.2 Å². The number of ether oxygens (including phenoxy) is 2. The maximum atomic E-state index is 13.0. The number of aromatic nitrogens is 5. The quantitative estimate of drug-likeness (QED) is 0.683. The number of amides is 1. The first kappa shape index (κ1) is 16.7. The highest BCUT2D eigenvalue weighted by Crippen LogP contribution is 2.33. The normalized spacial score (nSPS) is 17.9. The van der Waals surface area contributed by atoms with Crippen molar-refractivity contribution in [1.82, 2.24) is 30.1 Å². The van der Waals surface area contributed by atoms with Crippen LogP contribution in [0.4, 0.5) is 0 Å². The number of likely N-dealkylation sites (tertiary alicyclic amines) is 1. The molecule has 2 aliphatic rings. The second-order valence-electron chi connectivity index (χ2n) is 6.75. The van der Waals surface area contributed by atoms with Crippen molar-refractivity contribution < 1.29 is 14.3 Å². The summed E-state index contributed by atoms with van der Waals surface area (Å²) in [6.45, 7) is 1.39. The molecule has 0 radical (unpaired) electrons. The zero-order chi connectivity index (χ0) is 18.9. The number of benzene rings is 1. The Kier molecular flexibility index (Phi) is 4.12. The number of fused-ring (bicyclic) bond motifs is 1. The molecule has 142 valence electrons. The zero-order valence-corrected chi connectivity index (χ0v) is 15.1. The molecule has 3 aromatic rings. The molecule has 2 aromatic heterocycles. The van der Waals surface area contributed by atoms with Crippen LogP contribution in [0.15, 0.2) is 42.6 Å². The second-order valence-corrected chi connectivity index (χ2v) is 6.75. The van der Waals surface area contributed by atoms with Crippen LogP contribution < -0.4 is 9.47 Å². The molecule has 9 nitrogen and oxygen atoms in total. The third-order valence-electron chi connectivity index (χ3n) is 4.98. The van der Waals surface area contributed by atoms with E-state index >= 15 is 0 Å². The highest BCUT2D eigenvalue weighted by atomic mass is 16.7. The fraction of sp³-hybridized carbons (Fsp3) is 0.316. The highest BCUT2D eigenvalue weighted by Gasteiger charge is 2.31. The maximum Gasteiger partial charge on any atom is 0.254 e. The molecule has 0 unspecified atom stereocenters. The standard InChI is InChI=1S/C19H18N6O3/c26-19(13-6-7-16-17(10-13)28-12-27-16)24-9-3-4-14(24)11-25-22-18(21-23-25)15-5-1-2-8-20-15/h1-2,5-8,10,14H,3-4,9,11-12H2/t14-/m0/s1. The van der Waals surface area contributed by atoms with E-state index in [4.69, 9.17) is 9.47 Å². The molecular formula is C19H18N6O3. The van der Waals surface area contributed by atoms with Crippen molar-refractivity contribution in [2.75, 3.05) is 13.3 Å². The second kappa shape index (κ2) is 6.91. The molecule has 1 fully saturated rings. The van der Waals surface area contributed by atoms with E-state index in [0.29, 0.717) is 41.7 Å². The summed E-state index contributed by atoms with van der Waals surface area (Å²) in [6, 6.07) is 10.9. The van der Waals surface area contributed by atoms with Crippen LogP contribution in [0, 0.1) is 0 Å². The van der Waals surface area contributed by atoms with Gasteiger partial charge in [-0.2, -0.15) is 4.80 Å². The van der Waals surface area contributed by atoms with Gasteiger partial charge in [0.1, 0.15) is 5.69 Å². The Labute approximate surface area is 160 Å². The van der Waals surface area contributed by atoms with Gasteiger partial charge < -0.3 is 14.4 Å². The molecule has 0 N–H and O–H groups in total. The van der Waals surface area contributed by atoms with E-state index in [1.807, 2.05) is 23.1 Å². The van der Waals surface area contributed by atoms with Crippen molar-refractivity contribution in [1.29, 1.82) is 0 Å². The van der Waals surface area contributed by atoms with E-state index in [0.717, 1.165) is 12.8 Å². The van der Waals surface area contributed by atoms with Gasteiger partial charge in [-0.15, -0.1) is 10.2 Å². The smallest absolute Gasteiger partial charge is 0.254 e. The Morgan fingerprint density at radius 1 is 1.18 bits per heavy atom. The Hall–Kier alpha value is -3.49. The van der Waals surface area contributed by atoms with E-state index in [9.17, 15) is 4.79 Å². The first-order valence-electron chi connectivity index (χ1n) is 9.18. The third kappa shape index (κ3) is 3.04. The summed E-state index contributed by atoms with van der Waals surface area (Å²) in [6.07, 6.45) is 3.54. The molecule has 1 atom stereocenters. The van der Waals surface area contributed by atoms with Gasteiger partial charge in [0.15, 0.2) is 11.5 Å². The van der Waals surface area contributed by atoms with E-state index < -0.39 is 0 Å². The number of tetrazole rings is 1. The average molecular weight is 378 g/mol. The predicted molar refractivity (Wildman–Crippen MR) is 97.7 cm³/mol. The molecular weight excluding hydrogens is 360 g/mol. The summed E-state index contributed by atoms with van der Waals surface area (Å²) in [5.41, 5.74) is 1.27. The predicted octanol–water partition coefficient (Wildman–Crippen LogP) is 1.77. The first-order chi connectivity index (χ1) is 13.8. The summed E-state index contributed by atoms with van der Waals surface area (Å²) in [5, 5.41) is 12.6. The summed E-state index contributed by atoms with van der Waals surface area (Å²) in [5.74, 6) is 1.74. The highest BCUT2D eigenvalue weighted by molar-refractivity contribution is 5.95. The fourth-order valence-corrected chi connectivity index (χ4v) is 3.59. The lowest BCUT2D eigenvalue weighted by molar-refractivity contribution is 0.0717. The molecule has 5 rings (SSSR count). The molecule has 9 heteroatoms. The minimum Gasteiger partial charge on any atom is -0.454 e. The van der Waals surface area contributed by atoms with Crippen LogP contribution in [0.1, 0.15) is 23.2 Å². The number of nitrogens with zero attached hydrogens (tertiary/aromatic N) is 6. The summed E-state index contributed by atoms with van der Waals surface area (Å²) < 4.78 is 10.7. The van der Waals surface area contributed by atoms with Gasteiger partial charge in [-0.05, 0) is 48.4 Å². The topological polar surface area (TPSA) is 95.3 Å². The monoisotopic (exact) mass is 378 g/mol. The lowest BCUT2D eigenvalue weighted by atomic mass is 10.1. The van der Waals surface area contributed by atoms with Gasteiger partial charge in [-0.25, -0.2) is 0 Å². The minimum absolute atomic E-state index is 0.0173. The Morgan fingerprint density at radius 2 is 2.11 bits per heavy atom. The molecule has 0 saturated carbocycles. The molecule has 4 heterocycles. The molecule has 1 aromatic carbocycles. The Morgan fingerprint density at radius 3 is 3.00 bits per heavy atom. The molecule has 0 spiro atoms. The number of rotatable bonds is 4. The first-order valence-corrected chi connectivity index (χ1v) is 9.18. The fourth-order valence-electron chi connectivity index (χ4n) is 3.59. The van der Waals surface area contributed by atoms with E-state index in [-0.39, 0.29) is 18.7 Å². The van der Waals surface area contributed by atoms with Gasteiger partial charge in [-0.3, -0.25) is 9.78 Å². The Bertz CT molecular complexity index is 1010. The molecule has 28 heavy (non-hydrogen) atoms. The number of hydrogen-bond donors (Lipinski definition) is 0. The van der Waals surface area contributed by atoms with Crippen molar-refractivity contribution >= 4 is 5.91 Å². The van der Waals surface area contributed by atoms with Crippen LogP contribution in [-0.2, 0) is 6.54 Å². The van der Waals surface area contributed by atoms with E-state index in [1.165, 1.54) is 0 Å². The van der Waals surface area contributed by atoms with Crippen LogP contribution in [0.3, 0.4) is 0 Å². The van der Waals surface area contributed by atoms with Crippen molar-refractivity contribution in [2.45, 2.75) is 25.4 Å². The number of hydrogen-bond acceptors (Lipinski definition) is 7. The largest absolute Gasteiger partial charge is 0.454 e. The zero-order valence-electron chi connectivity index (χ0n) is 15.1. The summed E-state index contributed by atoms with van der Waals surface area (Å²) >= 11 is 0. The van der Waals surface area contributed by atoms with Crippen LogP contribution in [0.2, 0.25) is 0 Å². The van der Waals surface area contributed by atoms with Crippen molar-refractivity contribution in [3.63, 3.8) is 0 Å². The minimum atomic E-state index is -0.0223.